The van der Waals surface area contributed by atoms with Gasteiger partial charge in [-0.05, 0) is 70.6 Å². The van der Waals surface area contributed by atoms with E-state index in [2.05, 4.69) is 50.3 Å². The number of phosphoric acid groups is 1. The van der Waals surface area contributed by atoms with Gasteiger partial charge >= 0.3 is 5.97 Å². The quantitative estimate of drug-likeness (QED) is 0.0200. The number of nitrogens with zero attached hydrogens (tertiary/aromatic N) is 1. The molecule has 55 heavy (non-hydrogen) atoms. The van der Waals surface area contributed by atoms with Gasteiger partial charge in [-0.25, -0.2) is 0 Å². The summed E-state index contributed by atoms with van der Waals surface area (Å²) in [5.74, 6) is -0.348. The first-order valence-electron chi connectivity index (χ1n) is 22.7. The summed E-state index contributed by atoms with van der Waals surface area (Å²) in [4.78, 5) is 25.0. The van der Waals surface area contributed by atoms with Crippen molar-refractivity contribution in [1.29, 1.82) is 0 Å². The molecule has 0 spiro atoms. The average Bonchev–Trinajstić information content (AvgIpc) is 3.13. The number of unbranched alkanes of at least 4 members (excludes halogenated alkanes) is 22. The fraction of sp³-hybridized carbons (Fsp3) is 0.848. The average molecular weight is 798 g/mol. The maximum absolute atomic E-state index is 12.7. The predicted octanol–water partition coefficient (Wildman–Crippen LogP) is 12.8. The van der Waals surface area contributed by atoms with Crippen molar-refractivity contribution >= 4 is 13.8 Å². The molecule has 0 aromatic carbocycles. The molecule has 324 valence electrons. The maximum atomic E-state index is 12.7. The van der Waals surface area contributed by atoms with Gasteiger partial charge in [-0.2, -0.15) is 0 Å². The van der Waals surface area contributed by atoms with Crippen LogP contribution in [0.15, 0.2) is 36.5 Å². The Kier molecular flexibility index (Phi) is 38.6. The van der Waals surface area contributed by atoms with E-state index in [1.54, 1.807) is 0 Å². The molecule has 0 N–H and O–H groups in total. The van der Waals surface area contributed by atoms with Crippen LogP contribution in [0, 0.1) is 0 Å². The van der Waals surface area contributed by atoms with E-state index in [4.69, 9.17) is 18.5 Å². The van der Waals surface area contributed by atoms with Gasteiger partial charge in [-0.3, -0.25) is 9.36 Å². The number of hydrogen-bond acceptors (Lipinski definition) is 7. The van der Waals surface area contributed by atoms with E-state index in [0.717, 1.165) is 57.8 Å². The zero-order valence-electron chi connectivity index (χ0n) is 36.6. The Morgan fingerprint density at radius 2 is 1.00 bits per heavy atom. The number of carbonyl (C=O) groups is 1. The standard InChI is InChI=1S/C46H88NO7P/c1-6-8-10-12-14-16-18-20-22-23-24-26-28-30-32-34-36-38-41-51-43-45(44-53-55(49,50)52-42-40-47(3,4)5)54-46(48)39-37-35-33-31-29-27-25-21-19-17-15-13-11-9-7-2/h15,17,20-22,25,45H,6-14,16,18-19,23-24,26-44H2,1-5H3/b17-15-,22-20-,25-21-. The Balaban J connectivity index is 4.23. The van der Waals surface area contributed by atoms with Crippen LogP contribution in [0.5, 0.6) is 0 Å². The van der Waals surface area contributed by atoms with Crippen molar-refractivity contribution in [2.24, 2.45) is 0 Å². The lowest BCUT2D eigenvalue weighted by Crippen LogP contribution is -2.37. The van der Waals surface area contributed by atoms with Crippen LogP contribution in [-0.2, 0) is 27.9 Å². The van der Waals surface area contributed by atoms with E-state index in [1.165, 1.54) is 116 Å². The van der Waals surface area contributed by atoms with Gasteiger partial charge in [-0.15, -0.1) is 0 Å². The van der Waals surface area contributed by atoms with E-state index >= 15 is 0 Å². The summed E-state index contributed by atoms with van der Waals surface area (Å²) in [7, 11) is 1.34. The second-order valence-corrected chi connectivity index (χ2v) is 17.8. The molecule has 0 aliphatic rings. The molecular formula is C46H88NO7P. The third kappa shape index (κ3) is 43.7. The summed E-state index contributed by atoms with van der Waals surface area (Å²) in [6.07, 6.45) is 45.8. The Labute approximate surface area is 340 Å². The van der Waals surface area contributed by atoms with Gasteiger partial charge in [0.15, 0.2) is 0 Å². The number of quaternary nitrogens is 1. The molecule has 0 rings (SSSR count). The highest BCUT2D eigenvalue weighted by atomic mass is 31.2. The number of phosphoric ester groups is 1. The minimum atomic E-state index is -4.53. The summed E-state index contributed by atoms with van der Waals surface area (Å²) >= 11 is 0. The van der Waals surface area contributed by atoms with Crippen LogP contribution >= 0.6 is 7.82 Å². The van der Waals surface area contributed by atoms with Gasteiger partial charge < -0.3 is 27.9 Å². The van der Waals surface area contributed by atoms with Crippen LogP contribution in [0.2, 0.25) is 0 Å². The molecule has 2 atom stereocenters. The number of ether oxygens (including phenoxy) is 2. The number of likely N-dealkylation sites (N-methyl/N-ethyl adjacent to an activating group) is 1. The van der Waals surface area contributed by atoms with Gasteiger partial charge in [0.25, 0.3) is 7.82 Å². The summed E-state index contributed by atoms with van der Waals surface area (Å²) in [6, 6.07) is 0. The van der Waals surface area contributed by atoms with Gasteiger partial charge in [-0.1, -0.05) is 153 Å². The third-order valence-corrected chi connectivity index (χ3v) is 10.6. The fourth-order valence-corrected chi connectivity index (χ4v) is 6.83. The Morgan fingerprint density at radius 3 is 1.53 bits per heavy atom. The fourth-order valence-electron chi connectivity index (χ4n) is 6.10. The highest BCUT2D eigenvalue weighted by Gasteiger charge is 2.20. The molecule has 8 nitrogen and oxygen atoms in total. The molecule has 0 saturated carbocycles. The topological polar surface area (TPSA) is 94.1 Å². The molecule has 0 radical (unpaired) electrons. The Morgan fingerprint density at radius 1 is 0.564 bits per heavy atom. The van der Waals surface area contributed by atoms with E-state index in [9.17, 15) is 14.3 Å². The van der Waals surface area contributed by atoms with Crippen molar-refractivity contribution in [2.75, 3.05) is 54.1 Å². The molecule has 0 aliphatic carbocycles. The molecule has 0 heterocycles. The number of rotatable bonds is 42. The van der Waals surface area contributed by atoms with E-state index in [1.807, 2.05) is 21.1 Å². The minimum absolute atomic E-state index is 0.0226. The molecule has 0 aromatic rings. The monoisotopic (exact) mass is 798 g/mol. The van der Waals surface area contributed by atoms with E-state index < -0.39 is 13.9 Å². The van der Waals surface area contributed by atoms with Crippen molar-refractivity contribution in [3.8, 4) is 0 Å². The molecule has 0 aliphatic heterocycles. The smallest absolute Gasteiger partial charge is 0.306 e. The van der Waals surface area contributed by atoms with Crippen LogP contribution in [-0.4, -0.2) is 70.7 Å². The normalized spacial score (nSPS) is 14.1. The SMILES string of the molecule is CCCCC/C=C\C/C=C\CCCCCCCC(=O)OC(COCCCCCCCCCC/C=C\CCCCCCCC)COP(=O)([O-])OCC[N+](C)(C)C. The first-order chi connectivity index (χ1) is 26.6. The van der Waals surface area contributed by atoms with Crippen LogP contribution in [0.4, 0.5) is 0 Å². The summed E-state index contributed by atoms with van der Waals surface area (Å²) in [5.41, 5.74) is 0. The van der Waals surface area contributed by atoms with Crippen LogP contribution in [0.1, 0.15) is 194 Å². The zero-order chi connectivity index (χ0) is 40.6. The predicted molar refractivity (Wildman–Crippen MR) is 231 cm³/mol. The van der Waals surface area contributed by atoms with Crippen molar-refractivity contribution in [3.05, 3.63) is 36.5 Å². The van der Waals surface area contributed by atoms with Gasteiger partial charge in [0.05, 0.1) is 34.4 Å². The molecule has 0 bridgehead atoms. The van der Waals surface area contributed by atoms with Crippen molar-refractivity contribution in [1.82, 2.24) is 0 Å². The highest BCUT2D eigenvalue weighted by Crippen LogP contribution is 2.38. The zero-order valence-corrected chi connectivity index (χ0v) is 37.5. The summed E-state index contributed by atoms with van der Waals surface area (Å²) < 4.78 is 34.6. The molecule has 0 saturated heterocycles. The number of esters is 1. The molecule has 2 unspecified atom stereocenters. The number of carbonyl (C=O) groups excluding carboxylic acids is 1. The Bertz CT molecular complexity index is 978. The second kappa shape index (κ2) is 39.5. The van der Waals surface area contributed by atoms with Crippen molar-refractivity contribution < 1.29 is 37.3 Å². The van der Waals surface area contributed by atoms with Gasteiger partial charge in [0, 0.05) is 13.0 Å². The second-order valence-electron chi connectivity index (χ2n) is 16.4. The molecule has 0 fully saturated rings. The minimum Gasteiger partial charge on any atom is -0.756 e. The summed E-state index contributed by atoms with van der Waals surface area (Å²) in [6.45, 7) is 5.37. The number of allylic oxidation sites excluding steroid dienone is 6. The molecular weight excluding hydrogens is 709 g/mol. The number of hydrogen-bond donors (Lipinski definition) is 0. The van der Waals surface area contributed by atoms with E-state index in [-0.39, 0.29) is 25.8 Å². The van der Waals surface area contributed by atoms with Crippen LogP contribution in [0.3, 0.4) is 0 Å². The molecule has 0 aromatic heterocycles. The van der Waals surface area contributed by atoms with Gasteiger partial charge in [0.2, 0.25) is 0 Å². The van der Waals surface area contributed by atoms with Crippen LogP contribution < -0.4 is 4.89 Å². The first-order valence-corrected chi connectivity index (χ1v) is 24.2. The lowest BCUT2D eigenvalue weighted by Gasteiger charge is -2.28. The maximum Gasteiger partial charge on any atom is 0.306 e. The van der Waals surface area contributed by atoms with E-state index in [0.29, 0.717) is 24.1 Å². The van der Waals surface area contributed by atoms with Crippen molar-refractivity contribution in [3.63, 3.8) is 0 Å². The summed E-state index contributed by atoms with van der Waals surface area (Å²) in [5, 5.41) is 0. The van der Waals surface area contributed by atoms with Crippen LogP contribution in [0.25, 0.3) is 0 Å². The van der Waals surface area contributed by atoms with Gasteiger partial charge in [0.1, 0.15) is 19.3 Å². The lowest BCUT2D eigenvalue weighted by atomic mass is 10.1. The Hall–Kier alpha value is -1.28. The van der Waals surface area contributed by atoms with Crippen molar-refractivity contribution in [2.45, 2.75) is 200 Å². The first kappa shape index (κ1) is 53.7. The highest BCUT2D eigenvalue weighted by molar-refractivity contribution is 7.45. The third-order valence-electron chi connectivity index (χ3n) is 9.66. The largest absolute Gasteiger partial charge is 0.756 e. The molecule has 9 heteroatoms. The lowest BCUT2D eigenvalue weighted by molar-refractivity contribution is -0.870. The molecule has 0 amide bonds.